The number of aromatic nitrogens is 2. The maximum atomic E-state index is 11.8. The Morgan fingerprint density at radius 1 is 1.32 bits per heavy atom. The topological polar surface area (TPSA) is 75.2 Å². The molecule has 22 heavy (non-hydrogen) atoms. The molecular weight excluding hydrogens is 280 g/mol. The maximum Gasteiger partial charge on any atom is 0.356 e. The van der Waals surface area contributed by atoms with Crippen molar-refractivity contribution < 1.29 is 14.6 Å². The fourth-order valence-corrected chi connectivity index (χ4v) is 2.34. The number of ether oxygens (including phenoxy) is 1. The van der Waals surface area contributed by atoms with Gasteiger partial charge >= 0.3 is 5.97 Å². The Labute approximate surface area is 126 Å². The van der Waals surface area contributed by atoms with E-state index in [9.17, 15) is 4.79 Å². The molecule has 3 rings (SSSR count). The summed E-state index contributed by atoms with van der Waals surface area (Å²) < 4.78 is 4.98. The van der Waals surface area contributed by atoms with Crippen LogP contribution in [0.3, 0.4) is 0 Å². The van der Waals surface area contributed by atoms with Gasteiger partial charge in [0.25, 0.3) is 0 Å². The van der Waals surface area contributed by atoms with Crippen molar-refractivity contribution in [1.29, 1.82) is 0 Å². The molecule has 0 aliphatic rings. The number of fused-ring (bicyclic) bond motifs is 3. The van der Waals surface area contributed by atoms with E-state index in [1.165, 1.54) is 0 Å². The minimum absolute atomic E-state index is 0.178. The van der Waals surface area contributed by atoms with Gasteiger partial charge in [-0.05, 0) is 31.2 Å². The summed E-state index contributed by atoms with van der Waals surface area (Å²) in [5, 5.41) is 10.6. The van der Waals surface area contributed by atoms with Crippen LogP contribution >= 0.6 is 0 Å². The van der Waals surface area contributed by atoms with Crippen molar-refractivity contribution in [2.75, 3.05) is 13.2 Å². The third kappa shape index (κ3) is 2.52. The van der Waals surface area contributed by atoms with Crippen LogP contribution in [0.15, 0.2) is 30.5 Å². The van der Waals surface area contributed by atoms with Crippen LogP contribution in [-0.2, 0) is 4.74 Å². The van der Waals surface area contributed by atoms with Crippen LogP contribution in [0.4, 0.5) is 0 Å². The van der Waals surface area contributed by atoms with Crippen LogP contribution in [0.1, 0.15) is 23.0 Å². The predicted molar refractivity (Wildman–Crippen MR) is 83.5 cm³/mol. The molecule has 5 heteroatoms. The van der Waals surface area contributed by atoms with Crippen molar-refractivity contribution in [2.24, 2.45) is 0 Å². The van der Waals surface area contributed by atoms with Gasteiger partial charge in [0, 0.05) is 21.9 Å². The monoisotopic (exact) mass is 294 g/mol. The highest BCUT2D eigenvalue weighted by Crippen LogP contribution is 2.26. The number of rotatable bonds is 2. The zero-order valence-corrected chi connectivity index (χ0v) is 12.0. The van der Waals surface area contributed by atoms with Crippen molar-refractivity contribution in [1.82, 2.24) is 9.97 Å². The van der Waals surface area contributed by atoms with Gasteiger partial charge in [0.05, 0.1) is 18.3 Å². The van der Waals surface area contributed by atoms with E-state index in [2.05, 4.69) is 21.8 Å². The third-order valence-corrected chi connectivity index (χ3v) is 3.28. The van der Waals surface area contributed by atoms with E-state index in [1.54, 1.807) is 19.2 Å². The summed E-state index contributed by atoms with van der Waals surface area (Å²) in [5.74, 6) is 5.07. The number of hydrogen-bond donors (Lipinski definition) is 2. The average molecular weight is 294 g/mol. The van der Waals surface area contributed by atoms with E-state index in [1.807, 2.05) is 18.2 Å². The zero-order chi connectivity index (χ0) is 15.5. The Hall–Kier alpha value is -2.84. The fourth-order valence-electron chi connectivity index (χ4n) is 2.34. The summed E-state index contributed by atoms with van der Waals surface area (Å²) in [6, 6.07) is 7.43. The lowest BCUT2D eigenvalue weighted by atomic mass is 10.1. The van der Waals surface area contributed by atoms with E-state index >= 15 is 0 Å². The molecule has 0 bridgehead atoms. The highest BCUT2D eigenvalue weighted by Gasteiger charge is 2.12. The van der Waals surface area contributed by atoms with Gasteiger partial charge in [0.15, 0.2) is 0 Å². The molecule has 0 saturated carbocycles. The Balaban J connectivity index is 2.16. The van der Waals surface area contributed by atoms with Crippen LogP contribution in [0.25, 0.3) is 21.8 Å². The number of aliphatic hydroxyl groups excluding tert-OH is 1. The predicted octanol–water partition coefficient (Wildman–Crippen LogP) is 2.24. The molecule has 110 valence electrons. The fraction of sp³-hybridized carbons (Fsp3) is 0.176. The van der Waals surface area contributed by atoms with E-state index in [0.29, 0.717) is 6.61 Å². The van der Waals surface area contributed by atoms with E-state index in [-0.39, 0.29) is 12.3 Å². The highest BCUT2D eigenvalue weighted by atomic mass is 16.5. The molecule has 0 spiro atoms. The molecule has 0 aliphatic carbocycles. The highest BCUT2D eigenvalue weighted by molar-refractivity contribution is 6.09. The third-order valence-electron chi connectivity index (χ3n) is 3.28. The second-order valence-electron chi connectivity index (χ2n) is 4.68. The van der Waals surface area contributed by atoms with Gasteiger partial charge in [-0.3, -0.25) is 0 Å². The van der Waals surface area contributed by atoms with Crippen LogP contribution in [0.2, 0.25) is 0 Å². The summed E-state index contributed by atoms with van der Waals surface area (Å²) in [6.07, 6.45) is 1.63. The SMILES string of the molecule is CCOC(=O)c1cc2c(cn1)[nH]c1ccc(C#CCO)cc12. The smallest absolute Gasteiger partial charge is 0.356 e. The largest absolute Gasteiger partial charge is 0.461 e. The number of benzene rings is 1. The molecule has 1 aromatic carbocycles. The Bertz CT molecular complexity index is 916. The van der Waals surface area contributed by atoms with Gasteiger partial charge in [-0.15, -0.1) is 0 Å². The first-order valence-electron chi connectivity index (χ1n) is 6.91. The second-order valence-corrected chi connectivity index (χ2v) is 4.68. The van der Waals surface area contributed by atoms with Crippen molar-refractivity contribution in [3.63, 3.8) is 0 Å². The lowest BCUT2D eigenvalue weighted by molar-refractivity contribution is 0.0520. The van der Waals surface area contributed by atoms with Gasteiger partial charge in [0.1, 0.15) is 12.3 Å². The molecule has 0 fully saturated rings. The minimum Gasteiger partial charge on any atom is -0.461 e. The first-order valence-corrected chi connectivity index (χ1v) is 6.91. The molecule has 5 nitrogen and oxygen atoms in total. The van der Waals surface area contributed by atoms with Crippen molar-refractivity contribution in [2.45, 2.75) is 6.92 Å². The summed E-state index contributed by atoms with van der Waals surface area (Å²) in [4.78, 5) is 19.2. The minimum atomic E-state index is -0.435. The summed E-state index contributed by atoms with van der Waals surface area (Å²) >= 11 is 0. The van der Waals surface area contributed by atoms with Gasteiger partial charge in [-0.2, -0.15) is 0 Å². The molecule has 2 aromatic heterocycles. The molecule has 0 aliphatic heterocycles. The van der Waals surface area contributed by atoms with Crippen molar-refractivity contribution in [3.05, 3.63) is 41.7 Å². The van der Waals surface area contributed by atoms with Crippen molar-refractivity contribution in [3.8, 4) is 11.8 Å². The second kappa shape index (κ2) is 5.88. The van der Waals surface area contributed by atoms with Crippen LogP contribution in [0, 0.1) is 11.8 Å². The summed E-state index contributed by atoms with van der Waals surface area (Å²) in [5.41, 5.74) is 2.86. The van der Waals surface area contributed by atoms with Crippen molar-refractivity contribution >= 4 is 27.8 Å². The first kappa shape index (κ1) is 14.1. The molecule has 2 heterocycles. The Kier molecular flexibility index (Phi) is 3.77. The quantitative estimate of drug-likeness (QED) is 0.561. The number of esters is 1. The van der Waals surface area contributed by atoms with E-state index in [4.69, 9.17) is 9.84 Å². The number of H-pyrrole nitrogens is 1. The molecule has 2 N–H and O–H groups in total. The van der Waals surface area contributed by atoms with Crippen LogP contribution < -0.4 is 0 Å². The van der Waals surface area contributed by atoms with E-state index in [0.717, 1.165) is 27.4 Å². The summed E-state index contributed by atoms with van der Waals surface area (Å²) in [7, 11) is 0. The number of hydrogen-bond acceptors (Lipinski definition) is 4. The van der Waals surface area contributed by atoms with E-state index < -0.39 is 5.97 Å². The van der Waals surface area contributed by atoms with Crippen LogP contribution in [0.5, 0.6) is 0 Å². The number of aromatic amines is 1. The average Bonchev–Trinajstić information content (AvgIpc) is 2.90. The molecule has 0 unspecified atom stereocenters. The first-order chi connectivity index (χ1) is 10.7. The Morgan fingerprint density at radius 3 is 2.91 bits per heavy atom. The molecule has 0 radical (unpaired) electrons. The van der Waals surface area contributed by atoms with Gasteiger partial charge in [0.2, 0.25) is 0 Å². The standard InChI is InChI=1S/C17H14N2O3/c1-2-22-17(21)15-9-13-12-8-11(4-3-7-20)5-6-14(12)19-16(13)10-18-15/h5-6,8-10,19-20H,2,7H2,1H3. The summed E-state index contributed by atoms with van der Waals surface area (Å²) in [6.45, 7) is 1.89. The number of nitrogens with one attached hydrogen (secondary N) is 1. The molecule has 0 saturated heterocycles. The van der Waals surface area contributed by atoms with Gasteiger partial charge in [-0.25, -0.2) is 9.78 Å². The number of nitrogens with zero attached hydrogens (tertiary/aromatic N) is 1. The normalized spacial score (nSPS) is 10.5. The van der Waals surface area contributed by atoms with Crippen LogP contribution in [-0.4, -0.2) is 34.3 Å². The zero-order valence-electron chi connectivity index (χ0n) is 12.0. The molecule has 0 atom stereocenters. The lowest BCUT2D eigenvalue weighted by Gasteiger charge is -2.00. The number of aliphatic hydroxyl groups is 1. The number of carbonyl (C=O) groups is 1. The molecule has 3 aromatic rings. The molecule has 0 amide bonds. The maximum absolute atomic E-state index is 11.8. The lowest BCUT2D eigenvalue weighted by Crippen LogP contribution is -2.06. The number of pyridine rings is 1. The molecular formula is C17H14N2O3. The number of carbonyl (C=O) groups excluding carboxylic acids is 1. The van der Waals surface area contributed by atoms with Gasteiger partial charge < -0.3 is 14.8 Å². The Morgan fingerprint density at radius 2 is 2.14 bits per heavy atom. The van der Waals surface area contributed by atoms with Gasteiger partial charge in [-0.1, -0.05) is 11.8 Å².